The largest absolute Gasteiger partial charge is 0.387 e. The number of nitrogens with zero attached hydrogens (tertiary/aromatic N) is 1. The number of benzene rings is 2. The van der Waals surface area contributed by atoms with Gasteiger partial charge in [0.2, 0.25) is 5.91 Å². The molecule has 1 atom stereocenters. The number of nitrogens with one attached hydrogen (secondary N) is 1. The van der Waals surface area contributed by atoms with Gasteiger partial charge in [-0.3, -0.25) is 4.79 Å². The van der Waals surface area contributed by atoms with Crippen LogP contribution >= 0.6 is 0 Å². The first kappa shape index (κ1) is 16.8. The van der Waals surface area contributed by atoms with Crippen molar-refractivity contribution in [2.24, 2.45) is 0 Å². The summed E-state index contributed by atoms with van der Waals surface area (Å²) < 4.78 is 12.9. The average molecular weight is 336 g/mol. The lowest BCUT2D eigenvalue weighted by Gasteiger charge is -2.11. The molecule has 1 aromatic heterocycles. The maximum absolute atomic E-state index is 12.9. The number of carbonyl (C=O) groups excluding carboxylic acids is 1. The predicted molar refractivity (Wildman–Crippen MR) is 95.1 cm³/mol. The van der Waals surface area contributed by atoms with Crippen molar-refractivity contribution in [2.45, 2.75) is 6.10 Å². The van der Waals surface area contributed by atoms with E-state index >= 15 is 0 Å². The zero-order valence-electron chi connectivity index (χ0n) is 13.4. The molecule has 0 spiro atoms. The molecule has 0 saturated heterocycles. The summed E-state index contributed by atoms with van der Waals surface area (Å²) in [5, 5.41) is 13.6. The van der Waals surface area contributed by atoms with Gasteiger partial charge in [0.25, 0.3) is 0 Å². The van der Waals surface area contributed by atoms with Crippen molar-refractivity contribution in [3.63, 3.8) is 0 Å². The number of rotatable bonds is 5. The van der Waals surface area contributed by atoms with Crippen LogP contribution in [0.5, 0.6) is 0 Å². The molecule has 1 unspecified atom stereocenters. The molecule has 5 heteroatoms. The molecular formula is C20H17FN2O2. The van der Waals surface area contributed by atoms with E-state index in [1.165, 1.54) is 30.3 Å². The first-order valence-electron chi connectivity index (χ1n) is 7.87. The summed E-state index contributed by atoms with van der Waals surface area (Å²) in [5.74, 6) is -0.707. The SMILES string of the molecule is O=C(/C=C/c1ccc2ccccc2n1)NCC(O)c1ccc(F)cc1. The van der Waals surface area contributed by atoms with Crippen LogP contribution in [0.1, 0.15) is 17.4 Å². The molecule has 0 aliphatic rings. The minimum absolute atomic E-state index is 0.0416. The Balaban J connectivity index is 1.57. The summed E-state index contributed by atoms with van der Waals surface area (Å²) in [7, 11) is 0. The van der Waals surface area contributed by atoms with Gasteiger partial charge in [-0.15, -0.1) is 0 Å². The molecule has 126 valence electrons. The van der Waals surface area contributed by atoms with Gasteiger partial charge in [-0.1, -0.05) is 36.4 Å². The van der Waals surface area contributed by atoms with Gasteiger partial charge in [0, 0.05) is 18.0 Å². The van der Waals surface area contributed by atoms with E-state index < -0.39 is 6.10 Å². The van der Waals surface area contributed by atoms with Crippen molar-refractivity contribution in [3.8, 4) is 0 Å². The van der Waals surface area contributed by atoms with E-state index in [-0.39, 0.29) is 18.3 Å². The normalized spacial score (nSPS) is 12.4. The molecule has 4 nitrogen and oxygen atoms in total. The summed E-state index contributed by atoms with van der Waals surface area (Å²) in [4.78, 5) is 16.3. The smallest absolute Gasteiger partial charge is 0.244 e. The van der Waals surface area contributed by atoms with Crippen LogP contribution in [-0.2, 0) is 4.79 Å². The Hall–Kier alpha value is -3.05. The summed E-state index contributed by atoms with van der Waals surface area (Å²) in [6.07, 6.45) is 2.09. The van der Waals surface area contributed by atoms with Gasteiger partial charge in [0.05, 0.1) is 17.3 Å². The van der Waals surface area contributed by atoms with E-state index in [2.05, 4.69) is 10.3 Å². The molecule has 0 aliphatic carbocycles. The summed E-state index contributed by atoms with van der Waals surface area (Å²) in [6.45, 7) is 0.0416. The molecule has 2 aromatic carbocycles. The zero-order chi connectivity index (χ0) is 17.6. The number of aromatic nitrogens is 1. The van der Waals surface area contributed by atoms with Crippen molar-refractivity contribution < 1.29 is 14.3 Å². The number of halogens is 1. The van der Waals surface area contributed by atoms with Crippen LogP contribution in [-0.4, -0.2) is 22.5 Å². The Bertz CT molecular complexity index is 907. The van der Waals surface area contributed by atoms with Crippen molar-refractivity contribution in [3.05, 3.63) is 83.8 Å². The maximum atomic E-state index is 12.9. The van der Waals surface area contributed by atoms with Gasteiger partial charge in [0.1, 0.15) is 5.82 Å². The standard InChI is InChI=1S/C20H17FN2O2/c21-16-8-5-15(6-9-16)19(24)13-22-20(25)12-11-17-10-7-14-3-1-2-4-18(14)23-17/h1-12,19,24H,13H2,(H,22,25)/b12-11+. The van der Waals surface area contributed by atoms with Gasteiger partial charge in [-0.05, 0) is 35.9 Å². The number of fused-ring (bicyclic) bond motifs is 1. The number of carbonyl (C=O) groups is 1. The van der Waals surface area contributed by atoms with Crippen LogP contribution in [0.15, 0.2) is 66.7 Å². The molecule has 1 heterocycles. The number of aliphatic hydroxyl groups is 1. The number of aliphatic hydroxyl groups excluding tert-OH is 1. The van der Waals surface area contributed by atoms with E-state index in [4.69, 9.17) is 0 Å². The second-order valence-corrected chi connectivity index (χ2v) is 5.57. The van der Waals surface area contributed by atoms with Crippen molar-refractivity contribution >= 4 is 22.9 Å². The highest BCUT2D eigenvalue weighted by Gasteiger charge is 2.08. The highest BCUT2D eigenvalue weighted by atomic mass is 19.1. The van der Waals surface area contributed by atoms with Crippen LogP contribution in [0.2, 0.25) is 0 Å². The molecule has 2 N–H and O–H groups in total. The number of para-hydroxylation sites is 1. The van der Waals surface area contributed by atoms with Crippen LogP contribution < -0.4 is 5.32 Å². The summed E-state index contributed by atoms with van der Waals surface area (Å²) >= 11 is 0. The highest BCUT2D eigenvalue weighted by molar-refractivity contribution is 5.91. The fraction of sp³-hybridized carbons (Fsp3) is 0.100. The molecule has 1 amide bonds. The Labute approximate surface area is 144 Å². The summed E-state index contributed by atoms with van der Waals surface area (Å²) in [5.41, 5.74) is 2.08. The Morgan fingerprint density at radius 2 is 1.88 bits per heavy atom. The van der Waals surface area contributed by atoms with Crippen molar-refractivity contribution in [2.75, 3.05) is 6.54 Å². The van der Waals surface area contributed by atoms with Gasteiger partial charge >= 0.3 is 0 Å². The monoisotopic (exact) mass is 336 g/mol. The second-order valence-electron chi connectivity index (χ2n) is 5.57. The topological polar surface area (TPSA) is 62.2 Å². The molecule has 3 aromatic rings. The molecule has 0 saturated carbocycles. The molecule has 3 rings (SSSR count). The van der Waals surface area contributed by atoms with E-state index in [9.17, 15) is 14.3 Å². The number of hydrogen-bond acceptors (Lipinski definition) is 3. The number of amides is 1. The molecule has 0 bridgehead atoms. The molecule has 0 radical (unpaired) electrons. The third kappa shape index (κ3) is 4.49. The fourth-order valence-corrected chi connectivity index (χ4v) is 2.39. The molecule has 0 aliphatic heterocycles. The third-order valence-corrected chi connectivity index (χ3v) is 3.75. The lowest BCUT2D eigenvalue weighted by atomic mass is 10.1. The predicted octanol–water partition coefficient (Wildman–Crippen LogP) is 3.24. The minimum atomic E-state index is -0.892. The minimum Gasteiger partial charge on any atom is -0.387 e. The number of hydrogen-bond donors (Lipinski definition) is 2. The first-order chi connectivity index (χ1) is 12.1. The van der Waals surface area contributed by atoms with E-state index in [1.807, 2.05) is 36.4 Å². The lowest BCUT2D eigenvalue weighted by Crippen LogP contribution is -2.26. The molecular weight excluding hydrogens is 319 g/mol. The Morgan fingerprint density at radius 1 is 1.12 bits per heavy atom. The maximum Gasteiger partial charge on any atom is 0.244 e. The first-order valence-corrected chi connectivity index (χ1v) is 7.87. The van der Waals surface area contributed by atoms with E-state index in [0.717, 1.165) is 10.9 Å². The average Bonchev–Trinajstić information content (AvgIpc) is 2.65. The Morgan fingerprint density at radius 3 is 2.68 bits per heavy atom. The van der Waals surface area contributed by atoms with E-state index in [0.29, 0.717) is 11.3 Å². The lowest BCUT2D eigenvalue weighted by molar-refractivity contribution is -0.116. The zero-order valence-corrected chi connectivity index (χ0v) is 13.4. The van der Waals surface area contributed by atoms with Gasteiger partial charge in [-0.25, -0.2) is 9.37 Å². The second kappa shape index (κ2) is 7.68. The van der Waals surface area contributed by atoms with Gasteiger partial charge < -0.3 is 10.4 Å². The fourth-order valence-electron chi connectivity index (χ4n) is 2.39. The molecule has 0 fully saturated rings. The van der Waals surface area contributed by atoms with Crippen LogP contribution in [0.4, 0.5) is 4.39 Å². The van der Waals surface area contributed by atoms with Crippen LogP contribution in [0, 0.1) is 5.82 Å². The quantitative estimate of drug-likeness (QED) is 0.703. The number of pyridine rings is 1. The van der Waals surface area contributed by atoms with Crippen molar-refractivity contribution in [1.82, 2.24) is 10.3 Å². The Kier molecular flexibility index (Phi) is 5.16. The van der Waals surface area contributed by atoms with Crippen LogP contribution in [0.25, 0.3) is 17.0 Å². The van der Waals surface area contributed by atoms with Crippen molar-refractivity contribution in [1.29, 1.82) is 0 Å². The van der Waals surface area contributed by atoms with Gasteiger partial charge in [-0.2, -0.15) is 0 Å². The third-order valence-electron chi connectivity index (χ3n) is 3.75. The van der Waals surface area contributed by atoms with E-state index in [1.54, 1.807) is 6.08 Å². The summed E-state index contributed by atoms with van der Waals surface area (Å²) in [6, 6.07) is 17.0. The highest BCUT2D eigenvalue weighted by Crippen LogP contribution is 2.13. The van der Waals surface area contributed by atoms with Gasteiger partial charge in [0.15, 0.2) is 0 Å². The molecule has 25 heavy (non-hydrogen) atoms. The van der Waals surface area contributed by atoms with Crippen LogP contribution in [0.3, 0.4) is 0 Å².